The van der Waals surface area contributed by atoms with Crippen molar-refractivity contribution in [2.45, 2.75) is 13.0 Å². The van der Waals surface area contributed by atoms with Gasteiger partial charge in [0.15, 0.2) is 4.80 Å². The fourth-order valence-corrected chi connectivity index (χ4v) is 7.79. The molecule has 188 valence electrons. The van der Waals surface area contributed by atoms with Crippen molar-refractivity contribution < 1.29 is 14.3 Å². The molecule has 0 fully saturated rings. The summed E-state index contributed by atoms with van der Waals surface area (Å²) in [5.41, 5.74) is 2.19. The lowest BCUT2D eigenvalue weighted by molar-refractivity contribution is -0.138. The van der Waals surface area contributed by atoms with Crippen LogP contribution in [0.25, 0.3) is 11.8 Å². The number of esters is 1. The highest BCUT2D eigenvalue weighted by atomic mass is 127. The average Bonchev–Trinajstić information content (AvgIpc) is 3.52. The van der Waals surface area contributed by atoms with Gasteiger partial charge < -0.3 is 9.47 Å². The van der Waals surface area contributed by atoms with Gasteiger partial charge in [-0.3, -0.25) is 9.36 Å². The number of ether oxygens (including phenoxy) is 2. The van der Waals surface area contributed by atoms with Crippen LogP contribution >= 0.6 is 61.2 Å². The highest BCUT2D eigenvalue weighted by Crippen LogP contribution is 2.37. The van der Waals surface area contributed by atoms with Crippen molar-refractivity contribution in [2.24, 2.45) is 4.99 Å². The Morgan fingerprint density at radius 2 is 2.00 bits per heavy atom. The van der Waals surface area contributed by atoms with Crippen molar-refractivity contribution in [3.05, 3.63) is 109 Å². The van der Waals surface area contributed by atoms with Crippen LogP contribution in [0.2, 0.25) is 0 Å². The molecule has 0 saturated carbocycles. The summed E-state index contributed by atoms with van der Waals surface area (Å²) < 4.78 is 15.0. The van der Waals surface area contributed by atoms with Gasteiger partial charge in [-0.05, 0) is 59.2 Å². The van der Waals surface area contributed by atoms with Gasteiger partial charge in [0.05, 0.1) is 33.1 Å². The van der Waals surface area contributed by atoms with Crippen LogP contribution in [0.4, 0.5) is 0 Å². The predicted octanol–water partition coefficient (Wildman–Crippen LogP) is 5.37. The van der Waals surface area contributed by atoms with E-state index >= 15 is 0 Å². The predicted molar refractivity (Wildman–Crippen MR) is 159 cm³/mol. The first kappa shape index (κ1) is 26.1. The van der Waals surface area contributed by atoms with E-state index in [1.807, 2.05) is 66.1 Å². The van der Waals surface area contributed by atoms with E-state index in [0.29, 0.717) is 26.4 Å². The van der Waals surface area contributed by atoms with Crippen LogP contribution in [0.3, 0.4) is 0 Å². The second kappa shape index (κ2) is 11.1. The SMILES string of the molecule is CCOC(=O)C1=C(c2ccccc2)N=c2s/c(=C\c3cc(Br)cc(I)c3OC)c(=O)n2[C@H]1c1cccs1. The number of fused-ring (bicyclic) bond motifs is 1. The first-order chi connectivity index (χ1) is 17.9. The summed E-state index contributed by atoms with van der Waals surface area (Å²) >= 11 is 8.52. The van der Waals surface area contributed by atoms with Crippen molar-refractivity contribution in [2.75, 3.05) is 13.7 Å². The molecule has 4 aromatic rings. The number of carbonyl (C=O) groups is 1. The molecule has 2 aromatic heterocycles. The van der Waals surface area contributed by atoms with Crippen molar-refractivity contribution >= 4 is 78.9 Å². The quantitative estimate of drug-likeness (QED) is 0.200. The number of hydrogen-bond acceptors (Lipinski definition) is 7. The van der Waals surface area contributed by atoms with Crippen LogP contribution in [-0.4, -0.2) is 24.3 Å². The van der Waals surface area contributed by atoms with Gasteiger partial charge in [-0.2, -0.15) is 0 Å². The summed E-state index contributed by atoms with van der Waals surface area (Å²) in [6.45, 7) is 1.98. The number of rotatable bonds is 6. The smallest absolute Gasteiger partial charge is 0.338 e. The Kier molecular flexibility index (Phi) is 7.80. The monoisotopic (exact) mass is 706 g/mol. The zero-order valence-electron chi connectivity index (χ0n) is 19.7. The zero-order chi connectivity index (χ0) is 26.1. The maximum atomic E-state index is 13.9. The molecular formula is C27H20BrIN2O4S2. The molecule has 3 heterocycles. The van der Waals surface area contributed by atoms with Gasteiger partial charge in [0.1, 0.15) is 11.8 Å². The Labute approximate surface area is 242 Å². The van der Waals surface area contributed by atoms with Crippen LogP contribution < -0.4 is 19.6 Å². The molecule has 10 heteroatoms. The van der Waals surface area contributed by atoms with Crippen LogP contribution in [0.1, 0.15) is 29.0 Å². The Hall–Kier alpha value is -2.54. The topological polar surface area (TPSA) is 69.9 Å². The number of benzene rings is 2. The van der Waals surface area contributed by atoms with Crippen molar-refractivity contribution in [3.63, 3.8) is 0 Å². The molecular weight excluding hydrogens is 687 g/mol. The van der Waals surface area contributed by atoms with Gasteiger partial charge in [0.2, 0.25) is 0 Å². The second-order valence-corrected chi connectivity index (χ2v) is 12.0. The van der Waals surface area contributed by atoms with E-state index in [2.05, 4.69) is 38.5 Å². The summed E-state index contributed by atoms with van der Waals surface area (Å²) in [6.07, 6.45) is 1.82. The molecule has 0 amide bonds. The summed E-state index contributed by atoms with van der Waals surface area (Å²) in [7, 11) is 1.61. The summed E-state index contributed by atoms with van der Waals surface area (Å²) in [4.78, 5) is 33.5. The number of aromatic nitrogens is 1. The molecule has 0 bridgehead atoms. The molecule has 1 aliphatic heterocycles. The van der Waals surface area contributed by atoms with E-state index in [1.165, 1.54) is 22.7 Å². The Balaban J connectivity index is 1.83. The highest BCUT2D eigenvalue weighted by Gasteiger charge is 2.35. The minimum absolute atomic E-state index is 0.216. The first-order valence-corrected chi connectivity index (χ1v) is 14.8. The number of halogens is 2. The molecule has 5 rings (SSSR count). The normalized spacial score (nSPS) is 15.4. The molecule has 0 saturated heterocycles. The average molecular weight is 707 g/mol. The molecule has 6 nitrogen and oxygen atoms in total. The molecule has 0 unspecified atom stereocenters. The van der Waals surface area contributed by atoms with Crippen LogP contribution in [-0.2, 0) is 9.53 Å². The number of carbonyl (C=O) groups excluding carboxylic acids is 1. The molecule has 2 aromatic carbocycles. The number of methoxy groups -OCH3 is 1. The molecule has 0 radical (unpaired) electrons. The number of thiazole rings is 1. The molecule has 0 aliphatic carbocycles. The van der Waals surface area contributed by atoms with Crippen molar-refractivity contribution in [3.8, 4) is 5.75 Å². The van der Waals surface area contributed by atoms with E-state index in [-0.39, 0.29) is 12.2 Å². The van der Waals surface area contributed by atoms with Gasteiger partial charge in [-0.25, -0.2) is 9.79 Å². The van der Waals surface area contributed by atoms with Gasteiger partial charge >= 0.3 is 5.97 Å². The lowest BCUT2D eigenvalue weighted by atomic mass is 9.97. The maximum Gasteiger partial charge on any atom is 0.338 e. The van der Waals surface area contributed by atoms with Gasteiger partial charge in [0, 0.05) is 20.5 Å². The Bertz CT molecular complexity index is 1690. The molecule has 1 aliphatic rings. The maximum absolute atomic E-state index is 13.9. The molecule has 0 N–H and O–H groups in total. The van der Waals surface area contributed by atoms with Gasteiger partial charge in [0.25, 0.3) is 5.56 Å². The minimum atomic E-state index is -0.655. The van der Waals surface area contributed by atoms with E-state index < -0.39 is 12.0 Å². The molecule has 1 atom stereocenters. The van der Waals surface area contributed by atoms with Gasteiger partial charge in [-0.15, -0.1) is 11.3 Å². The summed E-state index contributed by atoms with van der Waals surface area (Å²) in [6, 6.07) is 16.6. The minimum Gasteiger partial charge on any atom is -0.495 e. The second-order valence-electron chi connectivity index (χ2n) is 7.96. The lowest BCUT2D eigenvalue weighted by Crippen LogP contribution is -2.39. The van der Waals surface area contributed by atoms with Crippen molar-refractivity contribution in [1.82, 2.24) is 4.57 Å². The fourth-order valence-electron chi connectivity index (χ4n) is 4.20. The Morgan fingerprint density at radius 1 is 1.22 bits per heavy atom. The fraction of sp³-hybridized carbons (Fsp3) is 0.148. The summed E-state index contributed by atoms with van der Waals surface area (Å²) in [5.74, 6) is 0.197. The standard InChI is InChI=1S/C27H20BrIN2O4S2/c1-3-35-26(33)21-22(15-8-5-4-6-9-15)30-27-31(23(21)19-10-7-11-36-19)25(32)20(37-27)13-16-12-17(28)14-18(29)24(16)34-2/h4-14,23H,3H2,1-2H3/b20-13-/t23-/m0/s1. The number of thiophene rings is 1. The van der Waals surface area contributed by atoms with Crippen LogP contribution in [0.5, 0.6) is 5.75 Å². The van der Waals surface area contributed by atoms with E-state index in [9.17, 15) is 9.59 Å². The number of hydrogen-bond donors (Lipinski definition) is 0. The van der Waals surface area contributed by atoms with E-state index in [0.717, 1.165) is 24.0 Å². The van der Waals surface area contributed by atoms with Gasteiger partial charge in [-0.1, -0.05) is 63.7 Å². The highest BCUT2D eigenvalue weighted by molar-refractivity contribution is 14.1. The largest absolute Gasteiger partial charge is 0.495 e. The van der Waals surface area contributed by atoms with E-state index in [1.54, 1.807) is 18.6 Å². The van der Waals surface area contributed by atoms with Crippen molar-refractivity contribution in [1.29, 1.82) is 0 Å². The third-order valence-corrected chi connectivity index (χ3v) is 8.88. The lowest BCUT2D eigenvalue weighted by Gasteiger charge is -2.24. The number of nitrogens with zero attached hydrogens (tertiary/aromatic N) is 2. The first-order valence-electron chi connectivity index (χ1n) is 11.3. The molecule has 0 spiro atoms. The summed E-state index contributed by atoms with van der Waals surface area (Å²) in [5, 5.41) is 1.93. The zero-order valence-corrected chi connectivity index (χ0v) is 25.1. The van der Waals surface area contributed by atoms with E-state index in [4.69, 9.17) is 14.5 Å². The van der Waals surface area contributed by atoms with Crippen LogP contribution in [0.15, 0.2) is 79.8 Å². The van der Waals surface area contributed by atoms with Crippen LogP contribution in [0, 0.1) is 3.57 Å². The third-order valence-electron chi connectivity index (χ3n) is 5.71. The molecule has 37 heavy (non-hydrogen) atoms. The third kappa shape index (κ3) is 4.99. The Morgan fingerprint density at radius 3 is 2.68 bits per heavy atom.